The molecule has 12 heteroatoms. The van der Waals surface area contributed by atoms with Crippen molar-refractivity contribution in [2.45, 2.75) is 71.1 Å². The van der Waals surface area contributed by atoms with Crippen molar-refractivity contribution in [3.8, 4) is 0 Å². The Morgan fingerprint density at radius 1 is 1.06 bits per heavy atom. The van der Waals surface area contributed by atoms with Crippen LogP contribution in [0.4, 0.5) is 0 Å². The highest BCUT2D eigenvalue weighted by atomic mass is 16.2. The van der Waals surface area contributed by atoms with E-state index in [9.17, 15) is 28.8 Å². The quantitative estimate of drug-likeness (QED) is 0.177. The van der Waals surface area contributed by atoms with E-state index in [4.69, 9.17) is 0 Å². The maximum atomic E-state index is 13.2. The van der Waals surface area contributed by atoms with Gasteiger partial charge in [-0.2, -0.15) is 0 Å². The molecule has 0 aliphatic carbocycles. The molecule has 6 amide bonds. The minimum atomic E-state index is -1.62. The number of aryl methyl sites for hydroxylation is 1. The van der Waals surface area contributed by atoms with Crippen LogP contribution in [-0.2, 0) is 35.3 Å². The molecule has 1 aliphatic rings. The maximum absolute atomic E-state index is 13.2. The van der Waals surface area contributed by atoms with Crippen molar-refractivity contribution in [1.29, 1.82) is 0 Å². The van der Waals surface area contributed by atoms with E-state index in [1.165, 1.54) is 7.05 Å². The summed E-state index contributed by atoms with van der Waals surface area (Å²) in [6, 6.07) is 0.633. The van der Waals surface area contributed by atoms with Crippen molar-refractivity contribution in [3.05, 3.63) is 24.5 Å². The summed E-state index contributed by atoms with van der Waals surface area (Å²) in [5.74, 6) is -4.87. The van der Waals surface area contributed by atoms with Gasteiger partial charge in [-0.25, -0.2) is 0 Å². The van der Waals surface area contributed by atoms with E-state index in [0.29, 0.717) is 13.0 Å². The third kappa shape index (κ3) is 7.92. The number of likely N-dealkylation sites (N-methyl/N-ethyl adjacent to an activating group) is 1. The fourth-order valence-electron chi connectivity index (χ4n) is 3.81. The van der Waals surface area contributed by atoms with Gasteiger partial charge in [0.1, 0.15) is 6.04 Å². The molecule has 1 aliphatic heterocycles. The number of aromatic nitrogens is 1. The van der Waals surface area contributed by atoms with Crippen molar-refractivity contribution in [2.24, 2.45) is 5.92 Å². The Morgan fingerprint density at radius 2 is 1.69 bits per heavy atom. The molecule has 36 heavy (non-hydrogen) atoms. The highest BCUT2D eigenvalue weighted by molar-refractivity contribution is 6.10. The summed E-state index contributed by atoms with van der Waals surface area (Å²) in [6.45, 7) is 7.69. The van der Waals surface area contributed by atoms with E-state index in [-0.39, 0.29) is 13.0 Å². The molecule has 12 nitrogen and oxygen atoms in total. The highest BCUT2D eigenvalue weighted by Gasteiger charge is 2.45. The van der Waals surface area contributed by atoms with Gasteiger partial charge in [-0.15, -0.1) is 0 Å². The molecule has 0 saturated carbocycles. The fourth-order valence-corrected chi connectivity index (χ4v) is 3.81. The fraction of sp³-hybridized carbons (Fsp3) is 0.583. The summed E-state index contributed by atoms with van der Waals surface area (Å²) in [6.07, 6.45) is 3.75. The second kappa shape index (κ2) is 12.3. The second-order valence-electron chi connectivity index (χ2n) is 9.85. The van der Waals surface area contributed by atoms with Crippen molar-refractivity contribution in [3.63, 3.8) is 0 Å². The molecule has 4 N–H and O–H groups in total. The lowest BCUT2D eigenvalue weighted by Gasteiger charge is -2.28. The Hall–Kier alpha value is -3.70. The van der Waals surface area contributed by atoms with Crippen LogP contribution in [0.5, 0.6) is 0 Å². The Balaban J connectivity index is 2.15. The Labute approximate surface area is 210 Å². The molecular weight excluding hydrogens is 468 g/mol. The van der Waals surface area contributed by atoms with Gasteiger partial charge >= 0.3 is 0 Å². The van der Waals surface area contributed by atoms with Crippen LogP contribution in [0.3, 0.4) is 0 Å². The van der Waals surface area contributed by atoms with Crippen LogP contribution < -0.4 is 21.3 Å². The first-order valence-corrected chi connectivity index (χ1v) is 11.9. The number of likely N-dealkylation sites (tertiary alicyclic amines) is 1. The zero-order valence-electron chi connectivity index (χ0n) is 21.4. The van der Waals surface area contributed by atoms with E-state index in [0.717, 1.165) is 4.90 Å². The van der Waals surface area contributed by atoms with Crippen molar-refractivity contribution in [1.82, 2.24) is 30.7 Å². The standard InChI is InChI=1S/C24H36N6O6/c1-15-13-18(32)30(23(15)36)16(14-17(31)28-24(2,3)4)20(33)27-19(21(34)25-5)22(35)26-9-8-12-29-10-6-7-11-29/h6-7,10-11,15-16,19H,8-9,12-14H2,1-5H3,(H,25,34)(H,26,35)(H,27,33)(H,28,31). The van der Waals surface area contributed by atoms with Crippen molar-refractivity contribution < 1.29 is 28.8 Å². The molecule has 198 valence electrons. The van der Waals surface area contributed by atoms with Crippen LogP contribution in [-0.4, -0.2) is 76.1 Å². The SMILES string of the molecule is CNC(=O)C(NC(=O)C(CC(=O)NC(C)(C)C)N1C(=O)CC(C)C1=O)C(=O)NCCCn1cccc1. The molecular formula is C24H36N6O6. The van der Waals surface area contributed by atoms with E-state index in [1.807, 2.05) is 29.1 Å². The Morgan fingerprint density at radius 3 is 2.22 bits per heavy atom. The van der Waals surface area contributed by atoms with Gasteiger partial charge in [0.15, 0.2) is 6.04 Å². The molecule has 0 bridgehead atoms. The summed E-state index contributed by atoms with van der Waals surface area (Å²) in [5, 5.41) is 9.96. The summed E-state index contributed by atoms with van der Waals surface area (Å²) in [7, 11) is 1.31. The zero-order valence-corrected chi connectivity index (χ0v) is 21.4. The summed E-state index contributed by atoms with van der Waals surface area (Å²) in [5.41, 5.74) is -0.615. The number of nitrogens with zero attached hydrogens (tertiary/aromatic N) is 2. The van der Waals surface area contributed by atoms with Crippen LogP contribution in [0.1, 0.15) is 47.0 Å². The largest absolute Gasteiger partial charge is 0.357 e. The molecule has 0 aromatic carbocycles. The lowest BCUT2D eigenvalue weighted by Crippen LogP contribution is -2.60. The van der Waals surface area contributed by atoms with Gasteiger partial charge in [-0.3, -0.25) is 33.7 Å². The van der Waals surface area contributed by atoms with E-state index in [2.05, 4.69) is 21.3 Å². The Kier molecular flexibility index (Phi) is 9.76. The molecule has 3 atom stereocenters. The number of nitrogens with one attached hydrogen (secondary N) is 4. The van der Waals surface area contributed by atoms with E-state index >= 15 is 0 Å². The third-order valence-electron chi connectivity index (χ3n) is 5.53. The summed E-state index contributed by atoms with van der Waals surface area (Å²) < 4.78 is 1.93. The van der Waals surface area contributed by atoms with Gasteiger partial charge in [-0.05, 0) is 39.3 Å². The lowest BCUT2D eigenvalue weighted by molar-refractivity contribution is -0.149. The van der Waals surface area contributed by atoms with Crippen LogP contribution in [0.25, 0.3) is 0 Å². The lowest BCUT2D eigenvalue weighted by atomic mass is 10.1. The van der Waals surface area contributed by atoms with Gasteiger partial charge in [-0.1, -0.05) is 6.92 Å². The number of rotatable bonds is 11. The summed E-state index contributed by atoms with van der Waals surface area (Å²) in [4.78, 5) is 77.0. The van der Waals surface area contributed by atoms with Crippen molar-refractivity contribution >= 4 is 35.4 Å². The minimum Gasteiger partial charge on any atom is -0.357 e. The number of hydrogen-bond acceptors (Lipinski definition) is 6. The van der Waals surface area contributed by atoms with Crippen LogP contribution in [0.2, 0.25) is 0 Å². The van der Waals surface area contributed by atoms with Gasteiger partial charge in [0.2, 0.25) is 23.6 Å². The third-order valence-corrected chi connectivity index (χ3v) is 5.53. The predicted molar refractivity (Wildman–Crippen MR) is 130 cm³/mol. The smallest absolute Gasteiger partial charge is 0.252 e. The molecule has 2 heterocycles. The number of carbonyl (C=O) groups is 6. The van der Waals surface area contributed by atoms with Gasteiger partial charge < -0.3 is 25.8 Å². The molecule has 2 rings (SSSR count). The normalized spacial score (nSPS) is 17.4. The maximum Gasteiger partial charge on any atom is 0.252 e. The topological polar surface area (TPSA) is 159 Å². The highest BCUT2D eigenvalue weighted by Crippen LogP contribution is 2.23. The average molecular weight is 505 g/mol. The molecule has 0 radical (unpaired) electrons. The molecule has 1 fully saturated rings. The minimum absolute atomic E-state index is 0.0930. The van der Waals surface area contributed by atoms with Crippen molar-refractivity contribution in [2.75, 3.05) is 13.6 Å². The first kappa shape index (κ1) is 28.5. The predicted octanol–water partition coefficient (Wildman–Crippen LogP) is -0.706. The number of amides is 6. The van der Waals surface area contributed by atoms with Gasteiger partial charge in [0.05, 0.1) is 6.42 Å². The van der Waals surface area contributed by atoms with Crippen LogP contribution >= 0.6 is 0 Å². The first-order chi connectivity index (χ1) is 16.8. The average Bonchev–Trinajstić information content (AvgIpc) is 3.39. The number of carbonyl (C=O) groups excluding carboxylic acids is 6. The van der Waals surface area contributed by atoms with Crippen LogP contribution in [0.15, 0.2) is 24.5 Å². The van der Waals surface area contributed by atoms with Gasteiger partial charge in [0, 0.05) is 50.4 Å². The molecule has 0 spiro atoms. The Bertz CT molecular complexity index is 984. The molecule has 3 unspecified atom stereocenters. The van der Waals surface area contributed by atoms with Gasteiger partial charge in [0.25, 0.3) is 11.8 Å². The van der Waals surface area contributed by atoms with E-state index < -0.39 is 65.4 Å². The van der Waals surface area contributed by atoms with Crippen LogP contribution in [0, 0.1) is 5.92 Å². The summed E-state index contributed by atoms with van der Waals surface area (Å²) >= 11 is 0. The monoisotopic (exact) mass is 504 g/mol. The molecule has 1 saturated heterocycles. The first-order valence-electron chi connectivity index (χ1n) is 11.9. The molecule has 1 aromatic heterocycles. The number of imide groups is 1. The number of hydrogen-bond donors (Lipinski definition) is 4. The molecule has 1 aromatic rings. The zero-order chi connectivity index (χ0) is 27.0. The van der Waals surface area contributed by atoms with E-state index in [1.54, 1.807) is 27.7 Å². The second-order valence-corrected chi connectivity index (χ2v) is 9.85.